The largest absolute Gasteiger partial charge is 0.497 e. The summed E-state index contributed by atoms with van der Waals surface area (Å²) in [5, 5.41) is 14.0. The Kier molecular flexibility index (Phi) is 3.90. The number of benzene rings is 2. The molecule has 2 aromatic heterocycles. The average molecular weight is 380 g/mol. The highest BCUT2D eigenvalue weighted by atomic mass is 32.1. The Morgan fingerprint density at radius 3 is 2.74 bits per heavy atom. The van der Waals surface area contributed by atoms with E-state index in [-0.39, 0.29) is 6.10 Å². The summed E-state index contributed by atoms with van der Waals surface area (Å²) < 4.78 is 18.8. The van der Waals surface area contributed by atoms with Crippen molar-refractivity contribution in [3.8, 4) is 17.2 Å². The Morgan fingerprint density at radius 1 is 1.11 bits per heavy atom. The second-order valence-electron chi connectivity index (χ2n) is 6.14. The Morgan fingerprint density at radius 2 is 1.93 bits per heavy atom. The molecule has 2 aromatic carbocycles. The number of aromatic nitrogens is 4. The van der Waals surface area contributed by atoms with Crippen molar-refractivity contribution in [1.82, 2.24) is 19.8 Å². The van der Waals surface area contributed by atoms with E-state index in [0.29, 0.717) is 13.0 Å². The summed E-state index contributed by atoms with van der Waals surface area (Å²) in [5.74, 6) is 3.11. The molecule has 3 heterocycles. The molecule has 4 aromatic rings. The minimum Gasteiger partial charge on any atom is -0.497 e. The molecule has 8 heteroatoms. The molecule has 0 radical (unpaired) electrons. The van der Waals surface area contributed by atoms with Gasteiger partial charge in [-0.1, -0.05) is 35.6 Å². The number of para-hydroxylation sites is 2. The monoisotopic (exact) mass is 380 g/mol. The molecule has 27 heavy (non-hydrogen) atoms. The maximum absolute atomic E-state index is 6.05. The molecule has 0 amide bonds. The summed E-state index contributed by atoms with van der Waals surface area (Å²) in [6.45, 7) is 0.426. The topological polar surface area (TPSA) is 70.8 Å². The Labute approximate surface area is 159 Å². The van der Waals surface area contributed by atoms with E-state index in [1.807, 2.05) is 48.5 Å². The summed E-state index contributed by atoms with van der Waals surface area (Å²) in [4.78, 5) is 0.746. The lowest BCUT2D eigenvalue weighted by Crippen LogP contribution is -2.21. The fraction of sp³-hybridized carbons (Fsp3) is 0.211. The molecule has 1 unspecified atom stereocenters. The number of hydrogen-bond donors (Lipinski definition) is 0. The van der Waals surface area contributed by atoms with Crippen LogP contribution >= 0.6 is 11.3 Å². The first kappa shape index (κ1) is 16.1. The van der Waals surface area contributed by atoms with Gasteiger partial charge >= 0.3 is 0 Å². The zero-order valence-corrected chi connectivity index (χ0v) is 15.3. The molecule has 5 rings (SSSR count). The second-order valence-corrected chi connectivity index (χ2v) is 7.13. The van der Waals surface area contributed by atoms with Crippen LogP contribution in [0.25, 0.3) is 4.96 Å². The summed E-state index contributed by atoms with van der Waals surface area (Å²) in [7, 11) is 1.66. The van der Waals surface area contributed by atoms with Crippen molar-refractivity contribution in [2.75, 3.05) is 13.7 Å². The van der Waals surface area contributed by atoms with Gasteiger partial charge in [-0.25, -0.2) is 0 Å². The predicted octanol–water partition coefficient (Wildman–Crippen LogP) is 3.30. The highest BCUT2D eigenvalue weighted by Crippen LogP contribution is 2.36. The maximum Gasteiger partial charge on any atom is 0.234 e. The number of methoxy groups -OCH3 is 1. The predicted molar refractivity (Wildman–Crippen MR) is 99.8 cm³/mol. The van der Waals surface area contributed by atoms with Crippen LogP contribution in [-0.4, -0.2) is 33.5 Å². The minimum absolute atomic E-state index is 0.250. The molecule has 0 saturated carbocycles. The normalized spacial score (nSPS) is 15.8. The van der Waals surface area contributed by atoms with Crippen LogP contribution < -0.4 is 14.2 Å². The van der Waals surface area contributed by atoms with Crippen LogP contribution in [0.5, 0.6) is 17.2 Å². The summed E-state index contributed by atoms with van der Waals surface area (Å²) in [6, 6.07) is 15.6. The van der Waals surface area contributed by atoms with E-state index in [2.05, 4.69) is 15.3 Å². The van der Waals surface area contributed by atoms with Gasteiger partial charge in [0.25, 0.3) is 0 Å². The highest BCUT2D eigenvalue weighted by molar-refractivity contribution is 7.16. The average Bonchev–Trinajstić information content (AvgIpc) is 3.30. The van der Waals surface area contributed by atoms with E-state index >= 15 is 0 Å². The zero-order valence-electron chi connectivity index (χ0n) is 14.5. The van der Waals surface area contributed by atoms with Crippen molar-refractivity contribution >= 4 is 16.3 Å². The van der Waals surface area contributed by atoms with Gasteiger partial charge in [0.2, 0.25) is 4.96 Å². The first-order valence-electron chi connectivity index (χ1n) is 8.52. The van der Waals surface area contributed by atoms with E-state index in [1.54, 1.807) is 11.6 Å². The molecular formula is C19H16N4O3S. The third kappa shape index (κ3) is 2.97. The van der Waals surface area contributed by atoms with Crippen molar-refractivity contribution in [3.63, 3.8) is 0 Å². The fourth-order valence-electron chi connectivity index (χ4n) is 2.98. The maximum atomic E-state index is 6.05. The molecule has 0 aliphatic carbocycles. The van der Waals surface area contributed by atoms with E-state index in [1.165, 1.54) is 11.3 Å². The van der Waals surface area contributed by atoms with Crippen LogP contribution in [0.4, 0.5) is 0 Å². The molecule has 0 fully saturated rings. The lowest BCUT2D eigenvalue weighted by molar-refractivity contribution is 0.0904. The molecular weight excluding hydrogens is 364 g/mol. The van der Waals surface area contributed by atoms with Gasteiger partial charge in [0.05, 0.1) is 7.11 Å². The van der Waals surface area contributed by atoms with Crippen LogP contribution in [-0.2, 0) is 6.42 Å². The van der Waals surface area contributed by atoms with Gasteiger partial charge in [0.1, 0.15) is 12.4 Å². The van der Waals surface area contributed by atoms with Crippen LogP contribution in [0.1, 0.15) is 22.5 Å². The Hall–Kier alpha value is -3.13. The molecule has 1 atom stereocenters. The lowest BCUT2D eigenvalue weighted by Gasteiger charge is -2.24. The third-order valence-electron chi connectivity index (χ3n) is 4.38. The quantitative estimate of drug-likeness (QED) is 0.541. The highest BCUT2D eigenvalue weighted by Gasteiger charge is 2.26. The van der Waals surface area contributed by atoms with Crippen molar-refractivity contribution in [3.05, 3.63) is 64.9 Å². The van der Waals surface area contributed by atoms with Crippen LogP contribution in [0.15, 0.2) is 48.5 Å². The van der Waals surface area contributed by atoms with Crippen molar-refractivity contribution in [2.45, 2.75) is 12.5 Å². The van der Waals surface area contributed by atoms with Crippen LogP contribution in [0.2, 0.25) is 0 Å². The van der Waals surface area contributed by atoms with Gasteiger partial charge in [-0.3, -0.25) is 0 Å². The number of fused-ring (bicyclic) bond motifs is 2. The minimum atomic E-state index is -0.250. The first-order valence-corrected chi connectivity index (χ1v) is 9.34. The Balaban J connectivity index is 1.40. The molecule has 0 bridgehead atoms. The first-order chi connectivity index (χ1) is 13.3. The van der Waals surface area contributed by atoms with Crippen molar-refractivity contribution in [2.24, 2.45) is 0 Å². The van der Waals surface area contributed by atoms with E-state index in [4.69, 9.17) is 14.2 Å². The lowest BCUT2D eigenvalue weighted by atomic mass is 10.1. The number of rotatable bonds is 4. The SMILES string of the molecule is COc1ccc(Cc2nnc3sc(C4COc5ccccc5O4)nn23)cc1. The molecule has 0 spiro atoms. The van der Waals surface area contributed by atoms with Gasteiger partial charge < -0.3 is 14.2 Å². The third-order valence-corrected chi connectivity index (χ3v) is 5.37. The van der Waals surface area contributed by atoms with Crippen molar-refractivity contribution < 1.29 is 14.2 Å². The van der Waals surface area contributed by atoms with Crippen molar-refractivity contribution in [1.29, 1.82) is 0 Å². The molecule has 136 valence electrons. The van der Waals surface area contributed by atoms with Gasteiger partial charge in [-0.15, -0.1) is 10.2 Å². The smallest absolute Gasteiger partial charge is 0.234 e. The summed E-state index contributed by atoms with van der Waals surface area (Å²) >= 11 is 1.47. The summed E-state index contributed by atoms with van der Waals surface area (Å²) in [5.41, 5.74) is 1.12. The molecule has 7 nitrogen and oxygen atoms in total. The van der Waals surface area contributed by atoms with Gasteiger partial charge in [0, 0.05) is 6.42 Å². The van der Waals surface area contributed by atoms with Crippen LogP contribution in [0.3, 0.4) is 0 Å². The zero-order chi connectivity index (χ0) is 18.2. The molecule has 1 aliphatic rings. The molecule has 0 N–H and O–H groups in total. The standard InChI is InChI=1S/C19H16N4O3S/c1-24-13-8-6-12(7-9-13)10-17-20-21-19-23(17)22-18(27-19)16-11-25-14-4-2-3-5-15(14)26-16/h2-9,16H,10-11H2,1H3. The second kappa shape index (κ2) is 6.55. The van der Waals surface area contributed by atoms with Gasteiger partial charge in [-0.05, 0) is 29.8 Å². The molecule has 0 saturated heterocycles. The van der Waals surface area contributed by atoms with E-state index in [0.717, 1.165) is 38.6 Å². The fourth-order valence-corrected chi connectivity index (χ4v) is 3.85. The van der Waals surface area contributed by atoms with E-state index < -0.39 is 0 Å². The molecule has 1 aliphatic heterocycles. The van der Waals surface area contributed by atoms with E-state index in [9.17, 15) is 0 Å². The van der Waals surface area contributed by atoms with Gasteiger partial charge in [0.15, 0.2) is 28.4 Å². The Bertz CT molecular complexity index is 1090. The van der Waals surface area contributed by atoms with Crippen LogP contribution in [0, 0.1) is 0 Å². The summed E-state index contributed by atoms with van der Waals surface area (Å²) in [6.07, 6.45) is 0.388. The number of ether oxygens (including phenoxy) is 3. The number of hydrogen-bond acceptors (Lipinski definition) is 7. The number of nitrogens with zero attached hydrogens (tertiary/aromatic N) is 4. The van der Waals surface area contributed by atoms with Gasteiger partial charge in [-0.2, -0.15) is 9.61 Å².